The first-order valence-corrected chi connectivity index (χ1v) is 35.3. The summed E-state index contributed by atoms with van der Waals surface area (Å²) < 4.78 is 86.0. The number of carbonyl (C=O) groups is 4. The Labute approximate surface area is 534 Å². The fourth-order valence-corrected chi connectivity index (χ4v) is 10.2. The molecule has 2 rings (SSSR count). The van der Waals surface area contributed by atoms with Crippen LogP contribution in [0.3, 0.4) is 0 Å². The van der Waals surface area contributed by atoms with Gasteiger partial charge in [-0.25, -0.2) is 36.0 Å². The van der Waals surface area contributed by atoms with Crippen molar-refractivity contribution in [2.75, 3.05) is 13.2 Å². The zero-order chi connectivity index (χ0) is 60.4. The summed E-state index contributed by atoms with van der Waals surface area (Å²) in [4.78, 5) is 49.4. The Morgan fingerprint density at radius 2 is 0.494 bits per heavy atom. The predicted molar refractivity (Wildman–Crippen MR) is 334 cm³/mol. The molecule has 0 amide bonds. The summed E-state index contributed by atoms with van der Waals surface area (Å²) in [6.45, 7) is 6.98. The fourth-order valence-electron chi connectivity index (χ4n) is 9.78. The normalized spacial score (nSPS) is 12.1. The summed E-state index contributed by atoms with van der Waals surface area (Å²) in [5.41, 5.74) is -4.00. The van der Waals surface area contributed by atoms with Crippen LogP contribution in [0.25, 0.3) is 0 Å². The van der Waals surface area contributed by atoms with Gasteiger partial charge in [0.05, 0.1) is 35.5 Å². The molecule has 0 aliphatic heterocycles. The Balaban J connectivity index is 0.00000160. The Hall–Kier alpha value is -2.60. The van der Waals surface area contributed by atoms with Crippen LogP contribution >= 0.6 is 0 Å². The van der Waals surface area contributed by atoms with Crippen molar-refractivity contribution < 1.29 is 64.1 Å². The van der Waals surface area contributed by atoms with Gasteiger partial charge < -0.3 is 28.1 Å². The zero-order valence-electron chi connectivity index (χ0n) is 52.1. The first kappa shape index (κ1) is 80.4. The van der Waals surface area contributed by atoms with Crippen LogP contribution in [0, 0.1) is 0 Å². The standard InChI is InChI=1S/2C33H56O7S.Ca/c2*1-3-4-5-6-7-8-9-10-11-12-13-14-15-16-17-18-19-20-21-22-25-28-39-32(34)30-26-23-24-27-31(30)33(35)40-29(2)41(36,37)38;/h2*23-24,26-27,29H,3-22,25,28H2,1-2H3,(H,36,37,38);/q;;+2/p-2. The smallest absolute Gasteiger partial charge is 0.745 e. The molecule has 0 radical (unpaired) electrons. The quantitative estimate of drug-likeness (QED) is 0.0198. The molecule has 83 heavy (non-hydrogen) atoms. The van der Waals surface area contributed by atoms with E-state index in [1.807, 2.05) is 0 Å². The number of benzene rings is 2. The predicted octanol–water partition coefficient (Wildman–Crippen LogP) is 17.8. The molecule has 0 aromatic heterocycles. The summed E-state index contributed by atoms with van der Waals surface area (Å²) in [6, 6.07) is 11.7. The molecule has 14 nitrogen and oxygen atoms in total. The van der Waals surface area contributed by atoms with E-state index >= 15 is 0 Å². The fraction of sp³-hybridized carbons (Fsp3) is 0.758. The van der Waals surface area contributed by atoms with Crippen molar-refractivity contribution in [3.63, 3.8) is 0 Å². The maximum Gasteiger partial charge on any atom is 2.00 e. The summed E-state index contributed by atoms with van der Waals surface area (Å²) in [5, 5.41) is 0. The van der Waals surface area contributed by atoms with Gasteiger partial charge in [-0.1, -0.05) is 295 Å². The number of rotatable bonds is 52. The van der Waals surface area contributed by atoms with Crippen LogP contribution in [-0.4, -0.2) is 112 Å². The molecule has 0 heterocycles. The van der Waals surface area contributed by atoms with Crippen LogP contribution in [0.1, 0.15) is 339 Å². The van der Waals surface area contributed by atoms with Gasteiger partial charge in [0, 0.05) is 0 Å². The van der Waals surface area contributed by atoms with Gasteiger partial charge in [0.1, 0.15) is 20.2 Å². The average molecular weight is 1230 g/mol. The van der Waals surface area contributed by atoms with Crippen LogP contribution in [0.15, 0.2) is 48.5 Å². The number of unbranched alkanes of at least 4 members (excludes halogenated alkanes) is 40. The molecule has 0 N–H and O–H groups in total. The monoisotopic (exact) mass is 1230 g/mol. The first-order valence-electron chi connectivity index (χ1n) is 32.4. The number of carbonyl (C=O) groups excluding carboxylic acids is 4. The third kappa shape index (κ3) is 44.5. The van der Waals surface area contributed by atoms with Gasteiger partial charge in [-0.3, -0.25) is 0 Å². The molecule has 2 unspecified atom stereocenters. The van der Waals surface area contributed by atoms with Gasteiger partial charge in [0.2, 0.25) is 0 Å². The van der Waals surface area contributed by atoms with E-state index in [1.165, 1.54) is 268 Å². The van der Waals surface area contributed by atoms with Crippen LogP contribution in [0.2, 0.25) is 0 Å². The molecule has 2 atom stereocenters. The van der Waals surface area contributed by atoms with Crippen LogP contribution < -0.4 is 0 Å². The van der Waals surface area contributed by atoms with Gasteiger partial charge in [-0.2, -0.15) is 0 Å². The first-order chi connectivity index (χ1) is 39.5. The molecule has 0 aliphatic rings. The minimum absolute atomic E-state index is 0. The molecule has 2 aromatic rings. The molecule has 0 fully saturated rings. The molecule has 17 heteroatoms. The summed E-state index contributed by atoms with van der Waals surface area (Å²) in [7, 11) is -9.58. The molecule has 2 aromatic carbocycles. The minimum Gasteiger partial charge on any atom is -0.745 e. The molecule has 0 spiro atoms. The van der Waals surface area contributed by atoms with Crippen molar-refractivity contribution in [3.8, 4) is 0 Å². The largest absolute Gasteiger partial charge is 2.00 e. The van der Waals surface area contributed by atoms with Crippen molar-refractivity contribution in [3.05, 3.63) is 70.8 Å². The summed E-state index contributed by atoms with van der Waals surface area (Å²) in [5.74, 6) is -3.47. The van der Waals surface area contributed by atoms with Gasteiger partial charge in [0.25, 0.3) is 0 Å². The Morgan fingerprint density at radius 3 is 0.675 bits per heavy atom. The van der Waals surface area contributed by atoms with E-state index in [0.29, 0.717) is 0 Å². The third-order valence-corrected chi connectivity index (χ3v) is 16.9. The summed E-state index contributed by atoms with van der Waals surface area (Å²) in [6.07, 6.45) is 54.8. The Morgan fingerprint density at radius 1 is 0.325 bits per heavy atom. The molecule has 0 bridgehead atoms. The van der Waals surface area contributed by atoms with E-state index < -0.39 is 55.0 Å². The second-order valence-corrected chi connectivity index (χ2v) is 25.7. The van der Waals surface area contributed by atoms with Crippen LogP contribution in [0.4, 0.5) is 0 Å². The van der Waals surface area contributed by atoms with Crippen molar-refractivity contribution in [2.45, 2.75) is 308 Å². The summed E-state index contributed by atoms with van der Waals surface area (Å²) >= 11 is 0. The van der Waals surface area contributed by atoms with Crippen LogP contribution in [0.5, 0.6) is 0 Å². The maximum absolute atomic E-state index is 12.5. The number of hydrogen-bond donors (Lipinski definition) is 0. The van der Waals surface area contributed by atoms with E-state index in [0.717, 1.165) is 52.4 Å². The van der Waals surface area contributed by atoms with Gasteiger partial charge in [-0.15, -0.1) is 0 Å². The number of esters is 4. The Bertz CT molecular complexity index is 2020. The topological polar surface area (TPSA) is 220 Å². The molecular formula is C66H110CaO14S2. The van der Waals surface area contributed by atoms with E-state index in [-0.39, 0.29) is 73.2 Å². The van der Waals surface area contributed by atoms with Gasteiger partial charge in [-0.05, 0) is 51.0 Å². The van der Waals surface area contributed by atoms with Crippen molar-refractivity contribution in [1.29, 1.82) is 0 Å². The van der Waals surface area contributed by atoms with E-state index in [4.69, 9.17) is 18.9 Å². The minimum atomic E-state index is -4.79. The van der Waals surface area contributed by atoms with E-state index in [9.17, 15) is 45.1 Å². The molecule has 472 valence electrons. The van der Waals surface area contributed by atoms with Crippen molar-refractivity contribution >= 4 is 81.9 Å². The second-order valence-electron chi connectivity index (χ2n) is 22.4. The molecule has 0 saturated carbocycles. The van der Waals surface area contributed by atoms with Gasteiger partial charge >= 0.3 is 61.6 Å². The van der Waals surface area contributed by atoms with E-state index in [1.54, 1.807) is 12.1 Å². The SMILES string of the molecule is CCCCCCCCCCCCCCCCCCCCCCCOC(=O)c1ccccc1C(=O)OC(C)S(=O)(=O)[O-].CCCCCCCCCCCCCCCCCCCCCCCOC(=O)c1ccccc1C(=O)OC(C)S(=O)(=O)[O-].[Ca+2]. The van der Waals surface area contributed by atoms with E-state index in [2.05, 4.69) is 13.8 Å². The maximum atomic E-state index is 12.5. The third-order valence-electron chi connectivity index (χ3n) is 15.1. The zero-order valence-corrected chi connectivity index (χ0v) is 56.0. The number of ether oxygens (including phenoxy) is 4. The molecular weight excluding hydrogens is 1120 g/mol. The molecule has 0 saturated heterocycles. The van der Waals surface area contributed by atoms with Gasteiger partial charge in [0.15, 0.2) is 10.9 Å². The van der Waals surface area contributed by atoms with Crippen molar-refractivity contribution in [1.82, 2.24) is 0 Å². The van der Waals surface area contributed by atoms with Crippen LogP contribution in [-0.2, 0) is 39.2 Å². The Kier molecular flexibility index (Phi) is 51.9. The number of hydrogen-bond acceptors (Lipinski definition) is 14. The molecule has 0 aliphatic carbocycles. The average Bonchev–Trinajstić information content (AvgIpc) is 3.58. The van der Waals surface area contributed by atoms with Crippen molar-refractivity contribution in [2.24, 2.45) is 0 Å². The second kappa shape index (κ2) is 53.6.